The number of aryl methyl sites for hydroxylation is 1. The number of hydrogen-bond donors (Lipinski definition) is 3. The molecule has 2 heterocycles. The number of nitrogens with one attached hydrogen (secondary N) is 2. The Morgan fingerprint density at radius 3 is 2.96 bits per heavy atom. The fourth-order valence-corrected chi connectivity index (χ4v) is 3.34. The molecule has 0 aliphatic rings. The smallest absolute Gasteiger partial charge is 0.251 e. The van der Waals surface area contributed by atoms with Crippen molar-refractivity contribution >= 4 is 39.9 Å². The molecule has 0 aliphatic carbocycles. The summed E-state index contributed by atoms with van der Waals surface area (Å²) in [4.78, 5) is 41.6. The van der Waals surface area contributed by atoms with Crippen molar-refractivity contribution in [3.05, 3.63) is 39.1 Å². The predicted molar refractivity (Wildman–Crippen MR) is 91.0 cm³/mol. The van der Waals surface area contributed by atoms with Crippen LogP contribution in [0.3, 0.4) is 0 Å². The monoisotopic (exact) mass is 352 g/mol. The fourth-order valence-electron chi connectivity index (χ4n) is 1.83. The van der Waals surface area contributed by atoms with E-state index < -0.39 is 5.91 Å². The highest BCUT2D eigenvalue weighted by Gasteiger charge is 2.13. The number of aromatic amines is 1. The number of anilines is 1. The van der Waals surface area contributed by atoms with Crippen molar-refractivity contribution in [2.75, 3.05) is 11.1 Å². The highest BCUT2D eigenvalue weighted by molar-refractivity contribution is 7.99. The van der Waals surface area contributed by atoms with Gasteiger partial charge in [0, 0.05) is 11.8 Å². The Morgan fingerprint density at radius 1 is 1.48 bits per heavy atom. The summed E-state index contributed by atoms with van der Waals surface area (Å²) >= 11 is 2.35. The fraction of sp³-hybridized carbons (Fsp3) is 0.286. The van der Waals surface area contributed by atoms with Gasteiger partial charge in [-0.3, -0.25) is 14.4 Å². The Labute approximate surface area is 140 Å². The summed E-state index contributed by atoms with van der Waals surface area (Å²) in [7, 11) is 0. The molecule has 122 valence electrons. The molecule has 4 N–H and O–H groups in total. The van der Waals surface area contributed by atoms with Gasteiger partial charge in [-0.25, -0.2) is 4.98 Å². The average molecular weight is 352 g/mol. The van der Waals surface area contributed by atoms with Crippen LogP contribution in [0.15, 0.2) is 27.5 Å². The third-order valence-corrected chi connectivity index (χ3v) is 4.51. The van der Waals surface area contributed by atoms with Gasteiger partial charge in [0.2, 0.25) is 5.91 Å². The van der Waals surface area contributed by atoms with Gasteiger partial charge in [0.05, 0.1) is 11.3 Å². The molecule has 0 saturated heterocycles. The molecule has 0 radical (unpaired) electrons. The van der Waals surface area contributed by atoms with E-state index in [2.05, 4.69) is 15.3 Å². The van der Waals surface area contributed by atoms with Crippen LogP contribution in [0.4, 0.5) is 5.00 Å². The number of rotatable bonds is 7. The Morgan fingerprint density at radius 2 is 2.26 bits per heavy atom. The number of primary amides is 1. The van der Waals surface area contributed by atoms with Crippen molar-refractivity contribution in [1.29, 1.82) is 0 Å². The number of carbonyl (C=O) groups is 2. The lowest BCUT2D eigenvalue weighted by Crippen LogP contribution is -2.18. The molecule has 0 unspecified atom stereocenters. The van der Waals surface area contributed by atoms with Crippen LogP contribution >= 0.6 is 23.1 Å². The minimum absolute atomic E-state index is 0.0641. The van der Waals surface area contributed by atoms with Gasteiger partial charge >= 0.3 is 0 Å². The molecule has 0 aromatic carbocycles. The number of aromatic nitrogens is 2. The van der Waals surface area contributed by atoms with Gasteiger partial charge in [-0.15, -0.1) is 11.3 Å². The molecule has 2 amide bonds. The summed E-state index contributed by atoms with van der Waals surface area (Å²) in [6, 6.07) is 3.02. The quantitative estimate of drug-likeness (QED) is 0.517. The van der Waals surface area contributed by atoms with E-state index in [1.807, 2.05) is 6.92 Å². The van der Waals surface area contributed by atoms with Crippen LogP contribution < -0.4 is 16.6 Å². The Balaban J connectivity index is 1.98. The second-order valence-corrected chi connectivity index (χ2v) is 6.54. The number of thiophene rings is 1. The minimum atomic E-state index is -0.590. The van der Waals surface area contributed by atoms with E-state index >= 15 is 0 Å². The number of carbonyl (C=O) groups excluding carboxylic acids is 2. The molecule has 0 spiro atoms. The van der Waals surface area contributed by atoms with Crippen LogP contribution in [-0.4, -0.2) is 27.5 Å². The highest BCUT2D eigenvalue weighted by Crippen LogP contribution is 2.23. The molecule has 23 heavy (non-hydrogen) atoms. The summed E-state index contributed by atoms with van der Waals surface area (Å²) in [6.45, 7) is 2.00. The van der Waals surface area contributed by atoms with Crippen molar-refractivity contribution in [1.82, 2.24) is 9.97 Å². The first-order valence-electron chi connectivity index (χ1n) is 6.89. The van der Waals surface area contributed by atoms with Gasteiger partial charge in [-0.1, -0.05) is 25.1 Å². The minimum Gasteiger partial charge on any atom is -0.366 e. The Kier molecular flexibility index (Phi) is 5.94. The van der Waals surface area contributed by atoms with E-state index in [4.69, 9.17) is 5.73 Å². The number of nitrogens with zero attached hydrogens (tertiary/aromatic N) is 1. The molecule has 0 saturated carbocycles. The largest absolute Gasteiger partial charge is 0.366 e. The number of nitrogens with two attached hydrogens (primary N) is 1. The van der Waals surface area contributed by atoms with Crippen LogP contribution in [0.5, 0.6) is 0 Å². The molecular formula is C14H16N4O3S2. The summed E-state index contributed by atoms with van der Waals surface area (Å²) < 4.78 is 0. The zero-order chi connectivity index (χ0) is 16.8. The SMILES string of the molecule is CCCc1cc(=O)[nH]c(SCC(=O)Nc2sccc2C(N)=O)n1. The van der Waals surface area contributed by atoms with Crippen molar-refractivity contribution in [2.24, 2.45) is 5.73 Å². The van der Waals surface area contributed by atoms with Gasteiger partial charge in [0.1, 0.15) is 5.00 Å². The Bertz CT molecular complexity index is 769. The zero-order valence-corrected chi connectivity index (χ0v) is 14.1. The second-order valence-electron chi connectivity index (χ2n) is 4.66. The molecule has 0 bridgehead atoms. The topological polar surface area (TPSA) is 118 Å². The highest BCUT2D eigenvalue weighted by atomic mass is 32.2. The first-order valence-corrected chi connectivity index (χ1v) is 8.76. The second kappa shape index (κ2) is 7.93. The van der Waals surface area contributed by atoms with Crippen LogP contribution in [0.1, 0.15) is 29.4 Å². The standard InChI is InChI=1S/C14H16N4O3S2/c1-2-3-8-6-10(19)18-14(16-8)23-7-11(20)17-13-9(12(15)21)4-5-22-13/h4-6H,2-3,7H2,1H3,(H2,15,21)(H,17,20)(H,16,18,19). The Hall–Kier alpha value is -2.13. The average Bonchev–Trinajstić information content (AvgIpc) is 2.93. The van der Waals surface area contributed by atoms with Crippen molar-refractivity contribution in [3.63, 3.8) is 0 Å². The maximum Gasteiger partial charge on any atom is 0.251 e. The number of thioether (sulfide) groups is 1. The van der Waals surface area contributed by atoms with E-state index in [1.165, 1.54) is 17.4 Å². The lowest BCUT2D eigenvalue weighted by Gasteiger charge is -2.05. The third kappa shape index (κ3) is 4.93. The van der Waals surface area contributed by atoms with Gasteiger partial charge < -0.3 is 16.0 Å². The maximum absolute atomic E-state index is 12.0. The molecule has 9 heteroatoms. The van der Waals surface area contributed by atoms with Crippen molar-refractivity contribution in [3.8, 4) is 0 Å². The predicted octanol–water partition coefficient (Wildman–Crippen LogP) is 1.61. The van der Waals surface area contributed by atoms with E-state index in [1.54, 1.807) is 11.4 Å². The molecule has 7 nitrogen and oxygen atoms in total. The van der Waals surface area contributed by atoms with Crippen LogP contribution in [0, 0.1) is 0 Å². The first kappa shape index (κ1) is 17.2. The van der Waals surface area contributed by atoms with Crippen molar-refractivity contribution < 1.29 is 9.59 Å². The molecule has 2 aromatic rings. The van der Waals surface area contributed by atoms with Crippen LogP contribution in [-0.2, 0) is 11.2 Å². The molecular weight excluding hydrogens is 336 g/mol. The van der Waals surface area contributed by atoms with Crippen LogP contribution in [0.25, 0.3) is 0 Å². The van der Waals surface area contributed by atoms with Gasteiger partial charge in [0.15, 0.2) is 5.16 Å². The summed E-state index contributed by atoms with van der Waals surface area (Å²) in [5, 5.41) is 5.13. The summed E-state index contributed by atoms with van der Waals surface area (Å²) in [6.07, 6.45) is 1.59. The molecule has 2 aromatic heterocycles. The van der Waals surface area contributed by atoms with E-state index in [0.29, 0.717) is 22.3 Å². The van der Waals surface area contributed by atoms with Gasteiger partial charge in [0.25, 0.3) is 11.5 Å². The number of amides is 2. The van der Waals surface area contributed by atoms with Crippen molar-refractivity contribution in [2.45, 2.75) is 24.9 Å². The molecule has 2 rings (SSSR count). The molecule has 0 aliphatic heterocycles. The first-order chi connectivity index (χ1) is 11.0. The lowest BCUT2D eigenvalue weighted by molar-refractivity contribution is -0.113. The third-order valence-electron chi connectivity index (χ3n) is 2.80. The van der Waals surface area contributed by atoms with E-state index in [-0.39, 0.29) is 22.8 Å². The van der Waals surface area contributed by atoms with Gasteiger partial charge in [-0.2, -0.15) is 0 Å². The molecule has 0 atom stereocenters. The normalized spacial score (nSPS) is 10.5. The number of hydrogen-bond acceptors (Lipinski definition) is 6. The van der Waals surface area contributed by atoms with Crippen LogP contribution in [0.2, 0.25) is 0 Å². The maximum atomic E-state index is 12.0. The zero-order valence-electron chi connectivity index (χ0n) is 12.4. The summed E-state index contributed by atoms with van der Waals surface area (Å²) in [5.74, 6) is -0.829. The van der Waals surface area contributed by atoms with E-state index in [0.717, 1.165) is 18.2 Å². The molecule has 0 fully saturated rings. The lowest BCUT2D eigenvalue weighted by atomic mass is 10.2. The van der Waals surface area contributed by atoms with E-state index in [9.17, 15) is 14.4 Å². The number of H-pyrrole nitrogens is 1. The van der Waals surface area contributed by atoms with Gasteiger partial charge in [-0.05, 0) is 17.9 Å². The summed E-state index contributed by atoms with van der Waals surface area (Å²) in [5.41, 5.74) is 5.97.